The van der Waals surface area contributed by atoms with E-state index in [1.54, 1.807) is 0 Å². The zero-order chi connectivity index (χ0) is 14.2. The number of hydrogen-bond acceptors (Lipinski definition) is 4. The van der Waals surface area contributed by atoms with E-state index < -0.39 is 0 Å². The molecule has 0 amide bonds. The average Bonchev–Trinajstić information content (AvgIpc) is 3.25. The normalized spacial score (nSPS) is 15.3. The lowest BCUT2D eigenvalue weighted by atomic mass is 10.2. The number of pyridine rings is 1. The van der Waals surface area contributed by atoms with Gasteiger partial charge in [0.1, 0.15) is 0 Å². The highest BCUT2D eigenvalue weighted by molar-refractivity contribution is 5.79. The topological polar surface area (TPSA) is 40.5 Å². The van der Waals surface area contributed by atoms with Gasteiger partial charge in [0.25, 0.3) is 0 Å². The second-order valence-electron chi connectivity index (χ2n) is 5.78. The molecule has 2 rings (SSSR count). The predicted molar refractivity (Wildman–Crippen MR) is 84.3 cm³/mol. The van der Waals surface area contributed by atoms with E-state index in [9.17, 15) is 0 Å². The number of nitrogens with one attached hydrogen (secondary N) is 1. The van der Waals surface area contributed by atoms with Crippen LogP contribution >= 0.6 is 0 Å². The summed E-state index contributed by atoms with van der Waals surface area (Å²) >= 11 is 0. The number of rotatable bonds is 9. The first-order chi connectivity index (χ1) is 9.74. The second-order valence-corrected chi connectivity index (χ2v) is 5.78. The lowest BCUT2D eigenvalue weighted by Crippen LogP contribution is -2.18. The number of hydrogen-bond donors (Lipinski definition) is 1. The summed E-state index contributed by atoms with van der Waals surface area (Å²) in [5.41, 5.74) is 2.26. The standard InChI is InChI=1S/C16H26N4/c1-20(2)10-4-3-8-17-13-16-11-14(7-9-18-16)12-19-15-5-6-15/h7,9,11-12,15,17H,3-6,8,10,13H2,1-2H3. The molecule has 1 heterocycles. The van der Waals surface area contributed by atoms with Crippen molar-refractivity contribution in [3.8, 4) is 0 Å². The summed E-state index contributed by atoms with van der Waals surface area (Å²) in [6.07, 6.45) is 8.81. The fourth-order valence-electron chi connectivity index (χ4n) is 1.98. The molecular weight excluding hydrogens is 248 g/mol. The summed E-state index contributed by atoms with van der Waals surface area (Å²) in [5, 5.41) is 3.45. The maximum atomic E-state index is 4.51. The molecule has 0 spiro atoms. The maximum Gasteiger partial charge on any atom is 0.0548 e. The Morgan fingerprint density at radius 3 is 3.00 bits per heavy atom. The molecule has 20 heavy (non-hydrogen) atoms. The zero-order valence-electron chi connectivity index (χ0n) is 12.7. The fourth-order valence-corrected chi connectivity index (χ4v) is 1.98. The lowest BCUT2D eigenvalue weighted by Gasteiger charge is -2.09. The van der Waals surface area contributed by atoms with Crippen LogP contribution in [0.1, 0.15) is 36.9 Å². The molecule has 0 atom stereocenters. The van der Waals surface area contributed by atoms with Gasteiger partial charge in [0.2, 0.25) is 0 Å². The van der Waals surface area contributed by atoms with Crippen LogP contribution in [-0.2, 0) is 6.54 Å². The van der Waals surface area contributed by atoms with Gasteiger partial charge in [-0.25, -0.2) is 0 Å². The largest absolute Gasteiger partial charge is 0.311 e. The molecule has 0 aliphatic heterocycles. The first-order valence-electron chi connectivity index (χ1n) is 7.57. The van der Waals surface area contributed by atoms with Crippen molar-refractivity contribution >= 4 is 6.21 Å². The van der Waals surface area contributed by atoms with Gasteiger partial charge in [0, 0.05) is 19.0 Å². The third-order valence-corrected chi connectivity index (χ3v) is 3.34. The van der Waals surface area contributed by atoms with Crippen LogP contribution in [0.2, 0.25) is 0 Å². The first-order valence-corrected chi connectivity index (χ1v) is 7.57. The molecule has 110 valence electrons. The third-order valence-electron chi connectivity index (χ3n) is 3.34. The zero-order valence-corrected chi connectivity index (χ0v) is 12.7. The Labute approximate surface area is 122 Å². The summed E-state index contributed by atoms with van der Waals surface area (Å²) in [5.74, 6) is 0. The minimum absolute atomic E-state index is 0.585. The van der Waals surface area contributed by atoms with Crippen molar-refractivity contribution in [2.24, 2.45) is 4.99 Å². The fraction of sp³-hybridized carbons (Fsp3) is 0.625. The summed E-state index contributed by atoms with van der Waals surface area (Å²) in [6, 6.07) is 4.73. The summed E-state index contributed by atoms with van der Waals surface area (Å²) in [4.78, 5) is 11.1. The smallest absolute Gasteiger partial charge is 0.0548 e. The van der Waals surface area contributed by atoms with Crippen LogP contribution in [0.4, 0.5) is 0 Å². The van der Waals surface area contributed by atoms with Gasteiger partial charge >= 0.3 is 0 Å². The molecule has 0 aromatic carbocycles. The molecule has 1 aromatic heterocycles. The van der Waals surface area contributed by atoms with Crippen LogP contribution in [-0.4, -0.2) is 49.3 Å². The summed E-state index contributed by atoms with van der Waals surface area (Å²) in [6.45, 7) is 3.05. The first kappa shape index (κ1) is 15.1. The lowest BCUT2D eigenvalue weighted by molar-refractivity contribution is 0.391. The van der Waals surface area contributed by atoms with Gasteiger partial charge in [-0.3, -0.25) is 9.98 Å². The van der Waals surface area contributed by atoms with Crippen molar-refractivity contribution in [1.82, 2.24) is 15.2 Å². The highest BCUT2D eigenvalue weighted by Crippen LogP contribution is 2.23. The Morgan fingerprint density at radius 2 is 2.25 bits per heavy atom. The molecule has 4 nitrogen and oxygen atoms in total. The van der Waals surface area contributed by atoms with Crippen molar-refractivity contribution in [3.63, 3.8) is 0 Å². The van der Waals surface area contributed by atoms with Gasteiger partial charge < -0.3 is 10.2 Å². The molecule has 1 aromatic rings. The van der Waals surface area contributed by atoms with Crippen LogP contribution in [0, 0.1) is 0 Å². The van der Waals surface area contributed by atoms with E-state index in [0.29, 0.717) is 6.04 Å². The second kappa shape index (κ2) is 8.12. The molecule has 0 saturated heterocycles. The number of aliphatic imine (C=N–C) groups is 1. The van der Waals surface area contributed by atoms with Gasteiger partial charge in [0.15, 0.2) is 0 Å². The molecule has 1 aliphatic rings. The molecule has 1 saturated carbocycles. The predicted octanol–water partition coefficient (Wildman–Crippen LogP) is 2.09. The SMILES string of the molecule is CN(C)CCCCNCc1cc(C=NC2CC2)ccn1. The van der Waals surface area contributed by atoms with E-state index in [4.69, 9.17) is 0 Å². The Hall–Kier alpha value is -1.26. The maximum absolute atomic E-state index is 4.51. The number of unbranched alkanes of at least 4 members (excludes halogenated alkanes) is 1. The van der Waals surface area contributed by atoms with Crippen molar-refractivity contribution in [2.75, 3.05) is 27.2 Å². The Kier molecular flexibility index (Phi) is 6.15. The molecule has 1 N–H and O–H groups in total. The van der Waals surface area contributed by atoms with Gasteiger partial charge in [-0.15, -0.1) is 0 Å². The number of nitrogens with zero attached hydrogens (tertiary/aromatic N) is 3. The van der Waals surface area contributed by atoms with E-state index in [-0.39, 0.29) is 0 Å². The van der Waals surface area contributed by atoms with Crippen LogP contribution in [0.15, 0.2) is 23.3 Å². The van der Waals surface area contributed by atoms with E-state index >= 15 is 0 Å². The van der Waals surface area contributed by atoms with Crippen LogP contribution in [0.3, 0.4) is 0 Å². The molecule has 1 fully saturated rings. The van der Waals surface area contributed by atoms with Crippen LogP contribution < -0.4 is 5.32 Å². The van der Waals surface area contributed by atoms with E-state index in [1.807, 2.05) is 18.5 Å². The molecule has 0 radical (unpaired) electrons. The van der Waals surface area contributed by atoms with Gasteiger partial charge in [-0.05, 0) is 70.6 Å². The van der Waals surface area contributed by atoms with E-state index in [0.717, 1.165) is 30.9 Å². The molecule has 0 unspecified atom stereocenters. The van der Waals surface area contributed by atoms with Crippen molar-refractivity contribution in [1.29, 1.82) is 0 Å². The van der Waals surface area contributed by atoms with Gasteiger partial charge in [-0.1, -0.05) is 0 Å². The molecule has 4 heteroatoms. The highest BCUT2D eigenvalue weighted by Gasteiger charge is 2.18. The third kappa shape index (κ3) is 6.26. The van der Waals surface area contributed by atoms with E-state index in [2.05, 4.69) is 40.4 Å². The van der Waals surface area contributed by atoms with Crippen LogP contribution in [0.5, 0.6) is 0 Å². The minimum atomic E-state index is 0.585. The Bertz CT molecular complexity index is 424. The summed E-state index contributed by atoms with van der Waals surface area (Å²) < 4.78 is 0. The highest BCUT2D eigenvalue weighted by atomic mass is 15.0. The molecule has 0 bridgehead atoms. The monoisotopic (exact) mass is 274 g/mol. The number of aromatic nitrogens is 1. The quantitative estimate of drug-likeness (QED) is 0.554. The van der Waals surface area contributed by atoms with Crippen molar-refractivity contribution in [2.45, 2.75) is 38.3 Å². The minimum Gasteiger partial charge on any atom is -0.311 e. The molecular formula is C16H26N4. The molecule has 1 aliphatic carbocycles. The van der Waals surface area contributed by atoms with Crippen molar-refractivity contribution < 1.29 is 0 Å². The summed E-state index contributed by atoms with van der Waals surface area (Å²) in [7, 11) is 4.23. The Morgan fingerprint density at radius 1 is 1.40 bits per heavy atom. The van der Waals surface area contributed by atoms with Crippen molar-refractivity contribution in [3.05, 3.63) is 29.6 Å². The average molecular weight is 274 g/mol. The Balaban J connectivity index is 1.66. The van der Waals surface area contributed by atoms with E-state index in [1.165, 1.54) is 25.7 Å². The van der Waals surface area contributed by atoms with Crippen LogP contribution in [0.25, 0.3) is 0 Å². The van der Waals surface area contributed by atoms with Gasteiger partial charge in [0.05, 0.1) is 11.7 Å². The van der Waals surface area contributed by atoms with Gasteiger partial charge in [-0.2, -0.15) is 0 Å².